The maximum Gasteiger partial charge on any atom is 0.228 e. The van der Waals surface area contributed by atoms with Gasteiger partial charge in [0, 0.05) is 24.9 Å². The van der Waals surface area contributed by atoms with E-state index in [1.54, 1.807) is 0 Å². The fourth-order valence-corrected chi connectivity index (χ4v) is 2.45. The van der Waals surface area contributed by atoms with Crippen LogP contribution in [0.1, 0.15) is 64.1 Å². The molecule has 2 rings (SSSR count). The van der Waals surface area contributed by atoms with E-state index in [9.17, 15) is 0 Å². The predicted molar refractivity (Wildman–Crippen MR) is 98.9 cm³/mol. The maximum atomic E-state index is 5.23. The summed E-state index contributed by atoms with van der Waals surface area (Å²) < 4.78 is 5.23. The normalized spacial score (nSPS) is 15.9. The second kappa shape index (κ2) is 10.0. The smallest absolute Gasteiger partial charge is 0.228 e. The molecule has 1 aliphatic rings. The minimum Gasteiger partial charge on any atom is -0.357 e. The van der Waals surface area contributed by atoms with E-state index in [2.05, 4.69) is 46.5 Å². The van der Waals surface area contributed by atoms with Gasteiger partial charge in [0.05, 0.1) is 6.54 Å². The molecule has 22 heavy (non-hydrogen) atoms. The summed E-state index contributed by atoms with van der Waals surface area (Å²) in [5.41, 5.74) is 0. The van der Waals surface area contributed by atoms with Crippen molar-refractivity contribution in [3.8, 4) is 0 Å². The van der Waals surface area contributed by atoms with Crippen LogP contribution < -0.4 is 10.6 Å². The molecule has 2 N–H and O–H groups in total. The van der Waals surface area contributed by atoms with Crippen molar-refractivity contribution in [2.75, 3.05) is 13.1 Å². The Morgan fingerprint density at radius 3 is 2.68 bits per heavy atom. The number of nitrogens with zero attached hydrogens (tertiary/aromatic N) is 3. The van der Waals surface area contributed by atoms with E-state index in [1.807, 2.05) is 0 Å². The van der Waals surface area contributed by atoms with Gasteiger partial charge in [-0.15, -0.1) is 24.0 Å². The van der Waals surface area contributed by atoms with Crippen LogP contribution in [0.25, 0.3) is 0 Å². The number of hydrogen-bond donors (Lipinski definition) is 2. The van der Waals surface area contributed by atoms with Crippen molar-refractivity contribution < 1.29 is 4.52 Å². The van der Waals surface area contributed by atoms with Crippen molar-refractivity contribution >= 4 is 29.9 Å². The Labute approximate surface area is 149 Å². The van der Waals surface area contributed by atoms with Crippen molar-refractivity contribution in [3.05, 3.63) is 11.7 Å². The van der Waals surface area contributed by atoms with E-state index in [-0.39, 0.29) is 24.0 Å². The van der Waals surface area contributed by atoms with Gasteiger partial charge in [-0.25, -0.2) is 0 Å². The van der Waals surface area contributed by atoms with Crippen molar-refractivity contribution in [1.29, 1.82) is 0 Å². The monoisotopic (exact) mass is 421 g/mol. The lowest BCUT2D eigenvalue weighted by Gasteiger charge is -2.16. The highest BCUT2D eigenvalue weighted by Gasteiger charge is 2.16. The van der Waals surface area contributed by atoms with E-state index < -0.39 is 0 Å². The zero-order valence-corrected chi connectivity index (χ0v) is 16.1. The van der Waals surface area contributed by atoms with E-state index >= 15 is 0 Å². The van der Waals surface area contributed by atoms with E-state index in [0.29, 0.717) is 30.8 Å². The Morgan fingerprint density at radius 2 is 2.09 bits per heavy atom. The maximum absolute atomic E-state index is 5.23. The lowest BCUT2D eigenvalue weighted by atomic mass is 10.2. The first-order valence-corrected chi connectivity index (χ1v) is 8.06. The summed E-state index contributed by atoms with van der Waals surface area (Å²) in [5, 5.41) is 10.8. The molecular weight excluding hydrogens is 393 g/mol. The molecule has 0 radical (unpaired) electrons. The van der Waals surface area contributed by atoms with Crippen LogP contribution in [-0.4, -0.2) is 35.2 Å². The van der Waals surface area contributed by atoms with E-state index in [1.165, 1.54) is 25.7 Å². The zero-order valence-electron chi connectivity index (χ0n) is 13.8. The average Bonchev–Trinajstić information content (AvgIpc) is 3.10. The summed E-state index contributed by atoms with van der Waals surface area (Å²) in [5.74, 6) is 2.63. The van der Waals surface area contributed by atoms with Crippen molar-refractivity contribution in [2.45, 2.75) is 64.8 Å². The van der Waals surface area contributed by atoms with Crippen molar-refractivity contribution in [3.63, 3.8) is 0 Å². The molecule has 0 unspecified atom stereocenters. The minimum atomic E-state index is 0. The SMILES string of the molecule is CCNC(=NCCc1nc(C(C)C)no1)NC1CCCC1.I. The van der Waals surface area contributed by atoms with Crippen LogP contribution in [0, 0.1) is 0 Å². The molecule has 1 aromatic rings. The number of guanidine groups is 1. The van der Waals surface area contributed by atoms with Gasteiger partial charge in [-0.05, 0) is 19.8 Å². The molecule has 1 aromatic heterocycles. The highest BCUT2D eigenvalue weighted by molar-refractivity contribution is 14.0. The highest BCUT2D eigenvalue weighted by Crippen LogP contribution is 2.17. The number of nitrogens with one attached hydrogen (secondary N) is 2. The third-order valence-corrected chi connectivity index (χ3v) is 3.64. The third kappa shape index (κ3) is 6.10. The van der Waals surface area contributed by atoms with Crippen LogP contribution >= 0.6 is 24.0 Å². The predicted octanol–water partition coefficient (Wildman–Crippen LogP) is 2.85. The van der Waals surface area contributed by atoms with Crippen LogP contribution in [0.3, 0.4) is 0 Å². The summed E-state index contributed by atoms with van der Waals surface area (Å²) >= 11 is 0. The molecule has 0 bridgehead atoms. The molecule has 0 atom stereocenters. The lowest BCUT2D eigenvalue weighted by Crippen LogP contribution is -2.42. The fourth-order valence-electron chi connectivity index (χ4n) is 2.45. The molecule has 0 saturated heterocycles. The number of hydrogen-bond acceptors (Lipinski definition) is 4. The molecule has 7 heteroatoms. The standard InChI is InChI=1S/C15H27N5O.HI/c1-4-16-15(18-12-7-5-6-8-12)17-10-9-13-19-14(11(2)3)20-21-13;/h11-12H,4-10H2,1-3H3,(H2,16,17,18);1H. The second-order valence-corrected chi connectivity index (χ2v) is 5.84. The van der Waals surface area contributed by atoms with Crippen LogP contribution in [0.5, 0.6) is 0 Å². The zero-order chi connectivity index (χ0) is 15.1. The second-order valence-electron chi connectivity index (χ2n) is 5.84. The summed E-state index contributed by atoms with van der Waals surface area (Å²) in [6, 6.07) is 0.568. The molecular formula is C15H28IN5O. The van der Waals surface area contributed by atoms with Crippen LogP contribution in [0.4, 0.5) is 0 Å². The molecule has 1 heterocycles. The first kappa shape index (κ1) is 19.2. The van der Waals surface area contributed by atoms with Gasteiger partial charge >= 0.3 is 0 Å². The number of aliphatic imine (C=N–C) groups is 1. The van der Waals surface area contributed by atoms with Gasteiger partial charge in [-0.2, -0.15) is 4.98 Å². The minimum absolute atomic E-state index is 0. The molecule has 0 amide bonds. The van der Waals surface area contributed by atoms with Gasteiger partial charge in [0.1, 0.15) is 0 Å². The van der Waals surface area contributed by atoms with Crippen LogP contribution in [0.15, 0.2) is 9.52 Å². The Bertz CT molecular complexity index is 455. The molecule has 1 saturated carbocycles. The first-order chi connectivity index (χ1) is 10.2. The van der Waals surface area contributed by atoms with Crippen molar-refractivity contribution in [2.24, 2.45) is 4.99 Å². The van der Waals surface area contributed by atoms with Gasteiger partial charge in [-0.1, -0.05) is 31.8 Å². The summed E-state index contributed by atoms with van der Waals surface area (Å²) in [4.78, 5) is 8.96. The molecule has 0 aromatic carbocycles. The molecule has 0 spiro atoms. The molecule has 126 valence electrons. The fraction of sp³-hybridized carbons (Fsp3) is 0.800. The number of rotatable bonds is 6. The number of aromatic nitrogens is 2. The Kier molecular flexibility index (Phi) is 8.74. The third-order valence-electron chi connectivity index (χ3n) is 3.64. The molecule has 6 nitrogen and oxygen atoms in total. The first-order valence-electron chi connectivity index (χ1n) is 8.06. The van der Waals surface area contributed by atoms with E-state index in [0.717, 1.165) is 18.3 Å². The van der Waals surface area contributed by atoms with Crippen LogP contribution in [0.2, 0.25) is 0 Å². The van der Waals surface area contributed by atoms with Crippen LogP contribution in [-0.2, 0) is 6.42 Å². The summed E-state index contributed by atoms with van der Waals surface area (Å²) in [6.45, 7) is 7.72. The van der Waals surface area contributed by atoms with Gasteiger partial charge in [0.25, 0.3) is 0 Å². The number of halogens is 1. The van der Waals surface area contributed by atoms with E-state index in [4.69, 9.17) is 4.52 Å². The molecule has 0 aliphatic heterocycles. The van der Waals surface area contributed by atoms with Gasteiger partial charge in [0.2, 0.25) is 5.89 Å². The van der Waals surface area contributed by atoms with Crippen molar-refractivity contribution in [1.82, 2.24) is 20.8 Å². The lowest BCUT2D eigenvalue weighted by molar-refractivity contribution is 0.372. The highest BCUT2D eigenvalue weighted by atomic mass is 127. The quantitative estimate of drug-likeness (QED) is 0.420. The Hall–Kier alpha value is -0.860. The Morgan fingerprint density at radius 1 is 1.36 bits per heavy atom. The van der Waals surface area contributed by atoms with Gasteiger partial charge < -0.3 is 15.2 Å². The average molecular weight is 421 g/mol. The van der Waals surface area contributed by atoms with Gasteiger partial charge in [-0.3, -0.25) is 4.99 Å². The van der Waals surface area contributed by atoms with Gasteiger partial charge in [0.15, 0.2) is 11.8 Å². The topological polar surface area (TPSA) is 75.3 Å². The summed E-state index contributed by atoms with van der Waals surface area (Å²) in [7, 11) is 0. The molecule has 1 aliphatic carbocycles. The largest absolute Gasteiger partial charge is 0.357 e. The Balaban J connectivity index is 0.00000242. The molecule has 1 fully saturated rings. The summed E-state index contributed by atoms with van der Waals surface area (Å²) in [6.07, 6.45) is 5.80.